The molecule has 0 radical (unpaired) electrons. The lowest BCUT2D eigenvalue weighted by molar-refractivity contribution is -0.149. The monoisotopic (exact) mass is 334 g/mol. The number of hydrogen-bond acceptors (Lipinski definition) is 3. The third-order valence-electron chi connectivity index (χ3n) is 5.48. The zero-order valence-electron chi connectivity index (χ0n) is 13.9. The van der Waals surface area contributed by atoms with E-state index in [0.717, 1.165) is 18.4 Å². The quantitative estimate of drug-likeness (QED) is 0.894. The SMILES string of the molecule is CN(Cc1ccc(F)cc1)C(=O)CN1C[C@@H]2CCC[C@@]2(C(=O)O)C1. The van der Waals surface area contributed by atoms with Gasteiger partial charge in [0.1, 0.15) is 5.82 Å². The van der Waals surface area contributed by atoms with Crippen LogP contribution < -0.4 is 0 Å². The van der Waals surface area contributed by atoms with E-state index in [1.165, 1.54) is 12.1 Å². The Kier molecular flexibility index (Phi) is 4.58. The highest BCUT2D eigenvalue weighted by Gasteiger charge is 2.54. The molecule has 2 atom stereocenters. The molecule has 1 aromatic carbocycles. The van der Waals surface area contributed by atoms with Crippen LogP contribution in [0.1, 0.15) is 24.8 Å². The summed E-state index contributed by atoms with van der Waals surface area (Å²) in [6.45, 7) is 1.80. The first kappa shape index (κ1) is 16.9. The van der Waals surface area contributed by atoms with Gasteiger partial charge in [0.15, 0.2) is 0 Å². The summed E-state index contributed by atoms with van der Waals surface area (Å²) < 4.78 is 12.9. The Labute approximate surface area is 141 Å². The van der Waals surface area contributed by atoms with E-state index in [4.69, 9.17) is 0 Å². The van der Waals surface area contributed by atoms with Gasteiger partial charge in [-0.1, -0.05) is 18.6 Å². The minimum atomic E-state index is -0.723. The van der Waals surface area contributed by atoms with E-state index in [9.17, 15) is 19.1 Å². The number of hydrogen-bond donors (Lipinski definition) is 1. The standard InChI is InChI=1S/C18H23FN2O3/c1-20(9-13-4-6-15(19)7-5-13)16(22)11-21-10-14-3-2-8-18(14,12-21)17(23)24/h4-7,14H,2-3,8-12H2,1H3,(H,23,24)/t14-,18+/m0/s1. The molecule has 1 heterocycles. The number of halogens is 1. The van der Waals surface area contributed by atoms with E-state index < -0.39 is 11.4 Å². The molecule has 1 amide bonds. The van der Waals surface area contributed by atoms with Gasteiger partial charge in [-0.2, -0.15) is 0 Å². The number of carboxylic acids is 1. The molecule has 2 fully saturated rings. The fraction of sp³-hybridized carbons (Fsp3) is 0.556. The summed E-state index contributed by atoms with van der Waals surface area (Å²) in [5, 5.41) is 9.60. The summed E-state index contributed by atoms with van der Waals surface area (Å²) in [7, 11) is 1.72. The Morgan fingerprint density at radius 1 is 1.38 bits per heavy atom. The maximum absolute atomic E-state index is 12.9. The third-order valence-corrected chi connectivity index (χ3v) is 5.48. The Balaban J connectivity index is 1.57. The molecule has 6 heteroatoms. The lowest BCUT2D eigenvalue weighted by Crippen LogP contribution is -2.40. The predicted octanol–water partition coefficient (Wildman–Crippen LogP) is 1.97. The summed E-state index contributed by atoms with van der Waals surface area (Å²) >= 11 is 0. The van der Waals surface area contributed by atoms with E-state index in [-0.39, 0.29) is 24.2 Å². The molecule has 24 heavy (non-hydrogen) atoms. The van der Waals surface area contributed by atoms with Crippen molar-refractivity contribution < 1.29 is 19.1 Å². The largest absolute Gasteiger partial charge is 0.481 e. The smallest absolute Gasteiger partial charge is 0.311 e. The van der Waals surface area contributed by atoms with Gasteiger partial charge in [0.25, 0.3) is 0 Å². The van der Waals surface area contributed by atoms with Crippen molar-refractivity contribution in [1.82, 2.24) is 9.80 Å². The molecule has 0 bridgehead atoms. The molecule has 130 valence electrons. The summed E-state index contributed by atoms with van der Waals surface area (Å²) in [5.74, 6) is -0.903. The predicted molar refractivity (Wildman–Crippen MR) is 86.7 cm³/mol. The molecule has 1 saturated carbocycles. The van der Waals surface area contributed by atoms with Crippen LogP contribution in [-0.2, 0) is 16.1 Å². The number of carbonyl (C=O) groups excluding carboxylic acids is 1. The first-order valence-corrected chi connectivity index (χ1v) is 8.35. The van der Waals surface area contributed by atoms with E-state index in [2.05, 4.69) is 0 Å². The number of nitrogens with zero attached hydrogens (tertiary/aromatic N) is 2. The van der Waals surface area contributed by atoms with Crippen molar-refractivity contribution in [3.05, 3.63) is 35.6 Å². The van der Waals surface area contributed by atoms with Crippen molar-refractivity contribution >= 4 is 11.9 Å². The van der Waals surface area contributed by atoms with E-state index in [1.54, 1.807) is 24.1 Å². The topological polar surface area (TPSA) is 60.9 Å². The van der Waals surface area contributed by atoms with Gasteiger partial charge >= 0.3 is 5.97 Å². The van der Waals surface area contributed by atoms with Gasteiger partial charge in [0, 0.05) is 26.7 Å². The van der Waals surface area contributed by atoms with Crippen molar-refractivity contribution in [1.29, 1.82) is 0 Å². The van der Waals surface area contributed by atoms with Crippen LogP contribution in [0, 0.1) is 17.2 Å². The summed E-state index contributed by atoms with van der Waals surface area (Å²) in [6.07, 6.45) is 2.61. The highest BCUT2D eigenvalue weighted by Crippen LogP contribution is 2.48. The lowest BCUT2D eigenvalue weighted by Gasteiger charge is -2.24. The fourth-order valence-electron chi connectivity index (χ4n) is 4.13. The maximum atomic E-state index is 12.9. The van der Waals surface area contributed by atoms with Crippen molar-refractivity contribution in [2.45, 2.75) is 25.8 Å². The van der Waals surface area contributed by atoms with Crippen LogP contribution in [0.4, 0.5) is 4.39 Å². The van der Waals surface area contributed by atoms with Crippen molar-refractivity contribution in [3.8, 4) is 0 Å². The van der Waals surface area contributed by atoms with E-state index in [1.807, 2.05) is 4.90 Å². The average molecular weight is 334 g/mol. The molecule has 2 aliphatic rings. The van der Waals surface area contributed by atoms with Crippen LogP contribution in [0.2, 0.25) is 0 Å². The average Bonchev–Trinajstić information content (AvgIpc) is 3.07. The normalized spacial score (nSPS) is 26.3. The Morgan fingerprint density at radius 2 is 2.08 bits per heavy atom. The molecular formula is C18H23FN2O3. The molecule has 1 aromatic rings. The minimum absolute atomic E-state index is 0.0418. The minimum Gasteiger partial charge on any atom is -0.481 e. The third kappa shape index (κ3) is 3.15. The van der Waals surface area contributed by atoms with Gasteiger partial charge in [0.05, 0.1) is 12.0 Å². The molecule has 1 aliphatic carbocycles. The van der Waals surface area contributed by atoms with E-state index in [0.29, 0.717) is 26.1 Å². The number of rotatable bonds is 5. The zero-order valence-corrected chi connectivity index (χ0v) is 13.9. The number of likely N-dealkylation sites (N-methyl/N-ethyl adjacent to an activating group) is 1. The Hall–Kier alpha value is -1.95. The second kappa shape index (κ2) is 6.51. The molecule has 1 N–H and O–H groups in total. The Bertz CT molecular complexity index is 634. The van der Waals surface area contributed by atoms with Crippen LogP contribution >= 0.6 is 0 Å². The molecule has 5 nitrogen and oxygen atoms in total. The van der Waals surface area contributed by atoms with Gasteiger partial charge in [-0.05, 0) is 36.5 Å². The fourth-order valence-corrected chi connectivity index (χ4v) is 4.13. The van der Waals surface area contributed by atoms with Crippen LogP contribution in [0.5, 0.6) is 0 Å². The highest BCUT2D eigenvalue weighted by atomic mass is 19.1. The molecule has 1 aliphatic heterocycles. The first-order valence-electron chi connectivity index (χ1n) is 8.35. The summed E-state index contributed by atoms with van der Waals surface area (Å²) in [6, 6.07) is 6.09. The van der Waals surface area contributed by atoms with Crippen molar-refractivity contribution in [2.24, 2.45) is 11.3 Å². The van der Waals surface area contributed by atoms with Gasteiger partial charge < -0.3 is 10.0 Å². The number of benzene rings is 1. The molecule has 0 spiro atoms. The number of carboxylic acid groups (broad SMARTS) is 1. The number of aliphatic carboxylic acids is 1. The van der Waals surface area contributed by atoms with Crippen LogP contribution in [0.3, 0.4) is 0 Å². The lowest BCUT2D eigenvalue weighted by atomic mass is 9.81. The van der Waals surface area contributed by atoms with Gasteiger partial charge in [-0.25, -0.2) is 4.39 Å². The molecular weight excluding hydrogens is 311 g/mol. The summed E-state index contributed by atoms with van der Waals surface area (Å²) in [5.41, 5.74) is 0.211. The molecule has 0 unspecified atom stereocenters. The van der Waals surface area contributed by atoms with Crippen LogP contribution in [0.25, 0.3) is 0 Å². The van der Waals surface area contributed by atoms with Gasteiger partial charge in [-0.15, -0.1) is 0 Å². The molecule has 0 aromatic heterocycles. The Morgan fingerprint density at radius 3 is 2.71 bits per heavy atom. The van der Waals surface area contributed by atoms with Crippen LogP contribution in [0.15, 0.2) is 24.3 Å². The highest BCUT2D eigenvalue weighted by molar-refractivity contribution is 5.79. The molecule has 3 rings (SSSR count). The first-order chi connectivity index (χ1) is 11.4. The van der Waals surface area contributed by atoms with Crippen molar-refractivity contribution in [2.75, 3.05) is 26.7 Å². The number of carbonyl (C=O) groups is 2. The number of fused-ring (bicyclic) bond motifs is 1. The number of amides is 1. The van der Waals surface area contributed by atoms with Crippen molar-refractivity contribution in [3.63, 3.8) is 0 Å². The van der Waals surface area contributed by atoms with Crippen LogP contribution in [-0.4, -0.2) is 53.5 Å². The second-order valence-corrected chi connectivity index (χ2v) is 7.10. The maximum Gasteiger partial charge on any atom is 0.311 e. The van der Waals surface area contributed by atoms with E-state index >= 15 is 0 Å². The summed E-state index contributed by atoms with van der Waals surface area (Å²) in [4.78, 5) is 27.7. The second-order valence-electron chi connectivity index (χ2n) is 7.10. The van der Waals surface area contributed by atoms with Gasteiger partial charge in [0.2, 0.25) is 5.91 Å². The number of likely N-dealkylation sites (tertiary alicyclic amines) is 1. The zero-order chi connectivity index (χ0) is 17.3. The molecule has 1 saturated heterocycles. The van der Waals surface area contributed by atoms with Gasteiger partial charge in [-0.3, -0.25) is 14.5 Å².